The SMILES string of the molecule is CC(C)(C)c1cc(Oc2[c-]c3c(cc2)c2ccccc2n3-c2ccccn2)[c-]c([N+]2=C=[N+](c3c(-c4ccccc4)cccc3-c3ccccc3)c3c2ccc2ccccc32)c1.[Pt+2]. The number of benzene rings is 8. The van der Waals surface area contributed by atoms with Gasteiger partial charge in [-0.05, 0) is 74.4 Å². The van der Waals surface area contributed by atoms with Crippen LogP contribution in [-0.2, 0) is 26.5 Å². The number of hydrogen-bond donors (Lipinski definition) is 0. The van der Waals surface area contributed by atoms with Crippen molar-refractivity contribution in [3.63, 3.8) is 0 Å². The smallest absolute Gasteiger partial charge is 0.509 e. The van der Waals surface area contributed by atoms with Gasteiger partial charge in [0.2, 0.25) is 5.69 Å². The van der Waals surface area contributed by atoms with Crippen LogP contribution >= 0.6 is 0 Å². The first kappa shape index (κ1) is 39.0. The molecule has 0 amide bonds. The van der Waals surface area contributed by atoms with E-state index >= 15 is 0 Å². The van der Waals surface area contributed by atoms with Crippen LogP contribution in [0.1, 0.15) is 26.3 Å². The summed E-state index contributed by atoms with van der Waals surface area (Å²) in [6, 6.07) is 74.9. The van der Waals surface area contributed by atoms with Gasteiger partial charge in [-0.25, -0.2) is 4.98 Å². The van der Waals surface area contributed by atoms with Crippen molar-refractivity contribution in [1.29, 1.82) is 0 Å². The van der Waals surface area contributed by atoms with E-state index in [9.17, 15) is 0 Å². The Morgan fingerprint density at radius 2 is 1.24 bits per heavy atom. The maximum atomic E-state index is 6.82. The molecule has 0 N–H and O–H groups in total. The molecule has 62 heavy (non-hydrogen) atoms. The van der Waals surface area contributed by atoms with E-state index < -0.39 is 0 Å². The predicted octanol–water partition coefficient (Wildman–Crippen LogP) is 14.2. The van der Waals surface area contributed by atoms with E-state index in [0.717, 1.165) is 89.0 Å². The molecule has 1 aliphatic heterocycles. The van der Waals surface area contributed by atoms with Crippen molar-refractivity contribution in [2.24, 2.45) is 0 Å². The van der Waals surface area contributed by atoms with Gasteiger partial charge in [-0.2, -0.15) is 6.07 Å². The molecule has 0 radical (unpaired) electrons. The van der Waals surface area contributed by atoms with Gasteiger partial charge in [0, 0.05) is 29.3 Å². The summed E-state index contributed by atoms with van der Waals surface area (Å²) in [5, 5.41) is 4.50. The molecule has 10 aromatic rings. The van der Waals surface area contributed by atoms with Gasteiger partial charge in [-0.1, -0.05) is 152 Å². The Labute approximate surface area is 375 Å². The molecule has 0 unspecified atom stereocenters. The van der Waals surface area contributed by atoms with Crippen LogP contribution in [0.15, 0.2) is 188 Å². The molecule has 0 saturated carbocycles. The number of ether oxygens (including phenoxy) is 1. The van der Waals surface area contributed by atoms with E-state index in [4.69, 9.17) is 9.72 Å². The zero-order valence-corrected chi connectivity index (χ0v) is 36.7. The molecule has 11 rings (SSSR count). The van der Waals surface area contributed by atoms with Gasteiger partial charge in [-0.3, -0.25) is 0 Å². The second-order valence-corrected chi connectivity index (χ2v) is 16.5. The van der Waals surface area contributed by atoms with E-state index in [0.29, 0.717) is 11.5 Å². The molecule has 6 heteroatoms. The van der Waals surface area contributed by atoms with Gasteiger partial charge in [-0.15, -0.1) is 29.1 Å². The molecular formula is C56H40N4OPt+2. The maximum Gasteiger partial charge on any atom is 2.00 e. The van der Waals surface area contributed by atoms with Gasteiger partial charge in [0.05, 0.1) is 16.5 Å². The molecule has 0 aliphatic carbocycles. The summed E-state index contributed by atoms with van der Waals surface area (Å²) in [5.74, 6) is 2.01. The summed E-state index contributed by atoms with van der Waals surface area (Å²) in [5.41, 5.74) is 11.3. The molecular weight excluding hydrogens is 940 g/mol. The van der Waals surface area contributed by atoms with Crippen molar-refractivity contribution >= 4 is 61.3 Å². The maximum absolute atomic E-state index is 6.82. The van der Waals surface area contributed by atoms with Gasteiger partial charge >= 0.3 is 32.8 Å². The van der Waals surface area contributed by atoms with Gasteiger partial charge in [0.25, 0.3) is 5.69 Å². The minimum Gasteiger partial charge on any atom is -0.509 e. The van der Waals surface area contributed by atoms with E-state index in [-0.39, 0.29) is 26.5 Å². The largest absolute Gasteiger partial charge is 2.00 e. The topological polar surface area (TPSA) is 33.1 Å². The number of fused-ring (bicyclic) bond motifs is 6. The normalized spacial score (nSPS) is 12.2. The van der Waals surface area contributed by atoms with Crippen LogP contribution in [0.5, 0.6) is 11.5 Å². The standard InChI is InChI=1S/C56H40N4O.Pt/c1-56(2,3)41-33-42(35-44(34-41)61-43-29-30-49-48-23-12-13-26-50(48)60(52(49)36-43)53-27-14-15-32-57-53)58-37-59(55-47-22-11-10-21-40(47)28-31-51(55)58)54-45(38-17-6-4-7-18-38)24-16-25-46(54)39-19-8-5-9-20-39;/h4-34H,1-3H3;/q;+2. The monoisotopic (exact) mass is 979 g/mol. The Hall–Kier alpha value is -7.16. The number of rotatable bonds is 7. The van der Waals surface area contributed by atoms with Crippen molar-refractivity contribution in [2.45, 2.75) is 26.2 Å². The molecule has 5 nitrogen and oxygen atoms in total. The Kier molecular flexibility index (Phi) is 9.88. The Balaban J connectivity index is 0.00000458. The minimum absolute atomic E-state index is 0. The van der Waals surface area contributed by atoms with Gasteiger partial charge < -0.3 is 9.30 Å². The van der Waals surface area contributed by atoms with Gasteiger partial charge in [0.15, 0.2) is 0 Å². The summed E-state index contributed by atoms with van der Waals surface area (Å²) >= 11 is 0. The first-order valence-electron chi connectivity index (χ1n) is 20.6. The zero-order chi connectivity index (χ0) is 41.1. The van der Waals surface area contributed by atoms with Crippen LogP contribution < -0.4 is 13.9 Å². The van der Waals surface area contributed by atoms with Crippen molar-refractivity contribution in [3.05, 3.63) is 206 Å². The molecule has 0 atom stereocenters. The van der Waals surface area contributed by atoms with Crippen molar-refractivity contribution < 1.29 is 25.8 Å². The first-order chi connectivity index (χ1) is 29.9. The van der Waals surface area contributed by atoms with Crippen LogP contribution in [0.2, 0.25) is 0 Å². The third-order valence-corrected chi connectivity index (χ3v) is 11.6. The van der Waals surface area contributed by atoms with Crippen LogP contribution in [0.3, 0.4) is 0 Å². The van der Waals surface area contributed by atoms with Crippen LogP contribution in [0, 0.1) is 12.1 Å². The molecule has 0 spiro atoms. The first-order valence-corrected chi connectivity index (χ1v) is 20.6. The number of hydrogen-bond acceptors (Lipinski definition) is 2. The fourth-order valence-electron chi connectivity index (χ4n) is 8.61. The average Bonchev–Trinajstić information content (AvgIpc) is 3.85. The van der Waals surface area contributed by atoms with Crippen LogP contribution in [-0.4, -0.2) is 15.6 Å². The molecule has 0 bridgehead atoms. The summed E-state index contributed by atoms with van der Waals surface area (Å²) < 4.78 is 13.4. The second kappa shape index (κ2) is 15.7. The van der Waals surface area contributed by atoms with Crippen molar-refractivity contribution in [1.82, 2.24) is 18.7 Å². The Morgan fingerprint density at radius 3 is 1.95 bits per heavy atom. The van der Waals surface area contributed by atoms with Crippen LogP contribution in [0.25, 0.3) is 60.6 Å². The fourth-order valence-corrected chi connectivity index (χ4v) is 8.61. The van der Waals surface area contributed by atoms with Crippen LogP contribution in [0.4, 0.5) is 22.7 Å². The van der Waals surface area contributed by atoms with E-state index in [1.807, 2.05) is 30.5 Å². The predicted molar refractivity (Wildman–Crippen MR) is 251 cm³/mol. The minimum atomic E-state index is -0.201. The zero-order valence-electron chi connectivity index (χ0n) is 34.4. The van der Waals surface area contributed by atoms with Crippen molar-refractivity contribution in [2.75, 3.05) is 0 Å². The molecule has 0 saturated heterocycles. The van der Waals surface area contributed by atoms with Gasteiger partial charge in [0.1, 0.15) is 11.5 Å². The molecule has 2 aromatic heterocycles. The summed E-state index contributed by atoms with van der Waals surface area (Å²) in [4.78, 5) is 4.72. The van der Waals surface area contributed by atoms with Crippen molar-refractivity contribution in [3.8, 4) is 39.6 Å². The third-order valence-electron chi connectivity index (χ3n) is 11.6. The fraction of sp³-hybridized carbons (Fsp3) is 0.0714. The summed E-state index contributed by atoms with van der Waals surface area (Å²) in [6.45, 7) is 6.69. The molecule has 3 heterocycles. The Morgan fingerprint density at radius 1 is 0.565 bits per heavy atom. The molecule has 1 aliphatic rings. The molecule has 8 aromatic carbocycles. The number of nitrogens with zero attached hydrogens (tertiary/aromatic N) is 4. The van der Waals surface area contributed by atoms with E-state index in [1.165, 1.54) is 0 Å². The number of para-hydroxylation sites is 2. The average molecular weight is 980 g/mol. The Bertz CT molecular complexity index is 3340. The molecule has 0 fully saturated rings. The quantitative estimate of drug-likeness (QED) is 0.118. The second-order valence-electron chi connectivity index (χ2n) is 16.5. The third kappa shape index (κ3) is 6.77. The van der Waals surface area contributed by atoms with E-state index in [1.54, 1.807) is 0 Å². The summed E-state index contributed by atoms with van der Waals surface area (Å²) in [6.07, 6.45) is 1.82. The number of aromatic nitrogens is 2. The number of pyridine rings is 1. The molecule has 298 valence electrons. The summed E-state index contributed by atoms with van der Waals surface area (Å²) in [7, 11) is 0. The van der Waals surface area contributed by atoms with E-state index in [2.05, 4.69) is 210 Å².